The molecule has 0 bridgehead atoms. The van der Waals surface area contributed by atoms with E-state index in [0.29, 0.717) is 23.8 Å². The number of hydrogen-bond acceptors (Lipinski definition) is 6. The number of aromatic nitrogens is 3. The van der Waals surface area contributed by atoms with E-state index >= 15 is 0 Å². The third-order valence-electron chi connectivity index (χ3n) is 4.80. The average Bonchev–Trinajstić information content (AvgIpc) is 3.36. The van der Waals surface area contributed by atoms with Gasteiger partial charge in [0.25, 0.3) is 0 Å². The molecule has 1 atom stereocenters. The first-order chi connectivity index (χ1) is 13.5. The molecule has 1 N–H and O–H groups in total. The Morgan fingerprint density at radius 1 is 1.18 bits per heavy atom. The normalized spacial score (nSPS) is 17.9. The number of likely N-dealkylation sites (tertiary alicyclic amines) is 1. The lowest BCUT2D eigenvalue weighted by molar-refractivity contribution is -0.134. The molecule has 1 aromatic carbocycles. The summed E-state index contributed by atoms with van der Waals surface area (Å²) in [5.74, 6) is 0.0446. The first kappa shape index (κ1) is 19.0. The fourth-order valence-electron chi connectivity index (χ4n) is 3.37. The Hall–Kier alpha value is -2.30. The standard InChI is InChI=1S/C18H21N5O3S2/c24-17(13-23-20-15-6-1-2-7-16(15)21-23)22-9-3-5-14(12-22)11-19-28(25,26)18-8-4-10-27-18/h1-2,4,6-8,10,14,19H,3,5,9,11-13H2. The lowest BCUT2D eigenvalue weighted by atomic mass is 9.98. The Bertz CT molecular complexity index is 1030. The van der Waals surface area contributed by atoms with E-state index in [2.05, 4.69) is 14.9 Å². The predicted molar refractivity (Wildman–Crippen MR) is 106 cm³/mol. The Labute approximate surface area is 167 Å². The molecule has 10 heteroatoms. The molecule has 1 saturated heterocycles. The summed E-state index contributed by atoms with van der Waals surface area (Å²) in [5, 5.41) is 10.4. The van der Waals surface area contributed by atoms with Gasteiger partial charge in [-0.2, -0.15) is 15.0 Å². The van der Waals surface area contributed by atoms with Gasteiger partial charge in [-0.1, -0.05) is 18.2 Å². The smallest absolute Gasteiger partial charge is 0.250 e. The molecular formula is C18H21N5O3S2. The van der Waals surface area contributed by atoms with E-state index < -0.39 is 10.0 Å². The minimum atomic E-state index is -3.48. The van der Waals surface area contributed by atoms with Crippen LogP contribution in [0.3, 0.4) is 0 Å². The molecule has 3 aromatic rings. The highest BCUT2D eigenvalue weighted by Gasteiger charge is 2.26. The molecule has 3 heterocycles. The van der Waals surface area contributed by atoms with Crippen molar-refractivity contribution >= 4 is 38.3 Å². The van der Waals surface area contributed by atoms with Gasteiger partial charge in [0.05, 0.1) is 0 Å². The zero-order valence-corrected chi connectivity index (χ0v) is 16.8. The van der Waals surface area contributed by atoms with Gasteiger partial charge in [-0.15, -0.1) is 11.3 Å². The van der Waals surface area contributed by atoms with Crippen molar-refractivity contribution in [1.29, 1.82) is 0 Å². The molecule has 8 nitrogen and oxygen atoms in total. The summed E-state index contributed by atoms with van der Waals surface area (Å²) >= 11 is 1.19. The van der Waals surface area contributed by atoms with E-state index in [4.69, 9.17) is 0 Å². The molecule has 1 aliphatic rings. The molecule has 1 unspecified atom stereocenters. The van der Waals surface area contributed by atoms with E-state index in [-0.39, 0.29) is 18.4 Å². The lowest BCUT2D eigenvalue weighted by Crippen LogP contribution is -2.44. The van der Waals surface area contributed by atoms with Crippen molar-refractivity contribution in [3.05, 3.63) is 41.8 Å². The number of hydrogen-bond donors (Lipinski definition) is 1. The molecule has 1 aliphatic heterocycles. The molecule has 0 saturated carbocycles. The van der Waals surface area contributed by atoms with E-state index in [9.17, 15) is 13.2 Å². The number of nitrogens with one attached hydrogen (secondary N) is 1. The first-order valence-electron chi connectivity index (χ1n) is 9.12. The van der Waals surface area contributed by atoms with Crippen molar-refractivity contribution in [2.75, 3.05) is 19.6 Å². The van der Waals surface area contributed by atoms with Crippen LogP contribution in [0, 0.1) is 5.92 Å². The molecule has 0 radical (unpaired) electrons. The van der Waals surface area contributed by atoms with Crippen molar-refractivity contribution in [3.63, 3.8) is 0 Å². The third-order valence-corrected chi connectivity index (χ3v) is 7.62. The Morgan fingerprint density at radius 2 is 1.93 bits per heavy atom. The van der Waals surface area contributed by atoms with Gasteiger partial charge >= 0.3 is 0 Å². The number of sulfonamides is 1. The van der Waals surface area contributed by atoms with Crippen molar-refractivity contribution < 1.29 is 13.2 Å². The zero-order chi connectivity index (χ0) is 19.6. The Kier molecular flexibility index (Phi) is 5.42. The third kappa shape index (κ3) is 4.23. The second-order valence-electron chi connectivity index (χ2n) is 6.85. The SMILES string of the molecule is O=C(Cn1nc2ccccc2n1)N1CCCC(CNS(=O)(=O)c2cccs2)C1. The second-order valence-corrected chi connectivity index (χ2v) is 9.79. The molecule has 0 aliphatic carbocycles. The van der Waals surface area contributed by atoms with Crippen LogP contribution < -0.4 is 4.72 Å². The highest BCUT2D eigenvalue weighted by atomic mass is 32.2. The molecule has 0 spiro atoms. The number of nitrogens with zero attached hydrogens (tertiary/aromatic N) is 4. The maximum Gasteiger partial charge on any atom is 0.250 e. The molecule has 2 aromatic heterocycles. The van der Waals surface area contributed by atoms with Crippen LogP contribution in [0.15, 0.2) is 46.0 Å². The summed E-state index contributed by atoms with van der Waals surface area (Å²) in [6.07, 6.45) is 1.74. The van der Waals surface area contributed by atoms with Crippen LogP contribution in [0.5, 0.6) is 0 Å². The molecular weight excluding hydrogens is 398 g/mol. The molecule has 148 valence electrons. The van der Waals surface area contributed by atoms with E-state index in [1.807, 2.05) is 24.3 Å². The zero-order valence-electron chi connectivity index (χ0n) is 15.2. The predicted octanol–water partition coefficient (Wildman–Crippen LogP) is 1.71. The van der Waals surface area contributed by atoms with Crippen LogP contribution in [0.1, 0.15) is 12.8 Å². The van der Waals surface area contributed by atoms with Crippen molar-refractivity contribution in [3.8, 4) is 0 Å². The number of rotatable bonds is 6. The summed E-state index contributed by atoms with van der Waals surface area (Å²) in [6.45, 7) is 1.62. The molecule has 1 amide bonds. The number of piperidine rings is 1. The van der Waals surface area contributed by atoms with Crippen LogP contribution >= 0.6 is 11.3 Å². The topological polar surface area (TPSA) is 97.2 Å². The Morgan fingerprint density at radius 3 is 2.61 bits per heavy atom. The maximum absolute atomic E-state index is 12.7. The lowest BCUT2D eigenvalue weighted by Gasteiger charge is -2.32. The summed E-state index contributed by atoms with van der Waals surface area (Å²) < 4.78 is 27.5. The van der Waals surface area contributed by atoms with Crippen LogP contribution in [0.25, 0.3) is 11.0 Å². The van der Waals surface area contributed by atoms with Gasteiger partial charge in [0.2, 0.25) is 15.9 Å². The van der Waals surface area contributed by atoms with Gasteiger partial charge in [0.1, 0.15) is 21.8 Å². The number of thiophene rings is 1. The van der Waals surface area contributed by atoms with Gasteiger partial charge in [-0.3, -0.25) is 4.79 Å². The van der Waals surface area contributed by atoms with E-state index in [1.165, 1.54) is 16.1 Å². The Balaban J connectivity index is 1.34. The maximum atomic E-state index is 12.7. The quantitative estimate of drug-likeness (QED) is 0.656. The van der Waals surface area contributed by atoms with Gasteiger partial charge < -0.3 is 4.90 Å². The highest BCUT2D eigenvalue weighted by Crippen LogP contribution is 2.19. The second kappa shape index (κ2) is 7.98. The monoisotopic (exact) mass is 419 g/mol. The van der Waals surface area contributed by atoms with Gasteiger partial charge in [0.15, 0.2) is 0 Å². The largest absolute Gasteiger partial charge is 0.341 e. The fourth-order valence-corrected chi connectivity index (χ4v) is 5.52. The van der Waals surface area contributed by atoms with Crippen LogP contribution in [-0.4, -0.2) is 53.9 Å². The van der Waals surface area contributed by atoms with Gasteiger partial charge in [0, 0.05) is 19.6 Å². The number of carbonyl (C=O) groups excluding carboxylic acids is 1. The van der Waals surface area contributed by atoms with Gasteiger partial charge in [-0.25, -0.2) is 13.1 Å². The van der Waals surface area contributed by atoms with Crippen molar-refractivity contribution in [1.82, 2.24) is 24.6 Å². The van der Waals surface area contributed by atoms with Crippen LogP contribution in [-0.2, 0) is 21.4 Å². The van der Waals surface area contributed by atoms with E-state index in [0.717, 1.165) is 23.9 Å². The number of amides is 1. The highest BCUT2D eigenvalue weighted by molar-refractivity contribution is 7.91. The van der Waals surface area contributed by atoms with E-state index in [1.54, 1.807) is 22.4 Å². The number of fused-ring (bicyclic) bond motifs is 1. The average molecular weight is 420 g/mol. The van der Waals surface area contributed by atoms with Crippen LogP contribution in [0.4, 0.5) is 0 Å². The minimum absolute atomic E-state index is 0.0499. The molecule has 1 fully saturated rings. The van der Waals surface area contributed by atoms with Gasteiger partial charge in [-0.05, 0) is 42.3 Å². The first-order valence-corrected chi connectivity index (χ1v) is 11.5. The summed E-state index contributed by atoms with van der Waals surface area (Å²) in [6, 6.07) is 10.8. The van der Waals surface area contributed by atoms with Crippen LogP contribution in [0.2, 0.25) is 0 Å². The number of carbonyl (C=O) groups is 1. The number of benzene rings is 1. The molecule has 4 rings (SSSR count). The summed E-state index contributed by atoms with van der Waals surface area (Å²) in [7, 11) is -3.48. The summed E-state index contributed by atoms with van der Waals surface area (Å²) in [4.78, 5) is 15.9. The molecule has 28 heavy (non-hydrogen) atoms. The fraction of sp³-hybridized carbons (Fsp3) is 0.389. The van der Waals surface area contributed by atoms with Crippen molar-refractivity contribution in [2.45, 2.75) is 23.6 Å². The van der Waals surface area contributed by atoms with Crippen molar-refractivity contribution in [2.24, 2.45) is 5.92 Å². The summed E-state index contributed by atoms with van der Waals surface area (Å²) in [5.41, 5.74) is 1.52. The minimum Gasteiger partial charge on any atom is -0.341 e.